The molecule has 152 valence electrons. The molecule has 3 rings (SSSR count). The second-order valence-corrected chi connectivity index (χ2v) is 7.38. The van der Waals surface area contributed by atoms with E-state index >= 15 is 0 Å². The summed E-state index contributed by atoms with van der Waals surface area (Å²) in [7, 11) is 1.83. The van der Waals surface area contributed by atoms with Crippen LogP contribution in [-0.4, -0.2) is 36.9 Å². The molecule has 7 heteroatoms. The predicted octanol–water partition coefficient (Wildman–Crippen LogP) is 4.20. The number of carbonyl (C=O) groups excluding carboxylic acids is 1. The molecule has 0 saturated carbocycles. The van der Waals surface area contributed by atoms with Gasteiger partial charge in [0, 0.05) is 32.4 Å². The van der Waals surface area contributed by atoms with Gasteiger partial charge >= 0.3 is 0 Å². The molecule has 1 fully saturated rings. The number of guanidine groups is 1. The SMILES string of the molecule is CN=C(NCc1ccc(NC(=O)c2ccco2)cc1)N1CC(C)CC(C)C1.I. The molecule has 2 N–H and O–H groups in total. The van der Waals surface area contributed by atoms with Crippen LogP contribution in [0.25, 0.3) is 0 Å². The van der Waals surface area contributed by atoms with Crippen molar-refractivity contribution in [3.8, 4) is 0 Å². The van der Waals surface area contributed by atoms with Gasteiger partial charge in [-0.05, 0) is 48.1 Å². The minimum Gasteiger partial charge on any atom is -0.459 e. The molecule has 0 bridgehead atoms. The Morgan fingerprint density at radius 1 is 1.18 bits per heavy atom. The highest BCUT2D eigenvalue weighted by Gasteiger charge is 2.23. The first-order chi connectivity index (χ1) is 13.0. The molecule has 6 nitrogen and oxygen atoms in total. The van der Waals surface area contributed by atoms with Crippen LogP contribution in [0, 0.1) is 11.8 Å². The van der Waals surface area contributed by atoms with Crippen molar-refractivity contribution >= 4 is 41.5 Å². The summed E-state index contributed by atoms with van der Waals surface area (Å²) in [5, 5.41) is 6.28. The van der Waals surface area contributed by atoms with E-state index in [0.29, 0.717) is 24.1 Å². The standard InChI is InChI=1S/C21H28N4O2.HI/c1-15-11-16(2)14-25(13-15)21(22-3)23-12-17-6-8-18(9-7-17)24-20(26)19-5-4-10-27-19;/h4-10,15-16H,11-14H2,1-3H3,(H,22,23)(H,24,26);1H. The second kappa shape index (κ2) is 10.5. The number of furan rings is 1. The number of piperidine rings is 1. The normalized spacial score (nSPS) is 19.7. The summed E-state index contributed by atoms with van der Waals surface area (Å²) >= 11 is 0. The molecule has 1 saturated heterocycles. The van der Waals surface area contributed by atoms with E-state index in [1.807, 2.05) is 31.3 Å². The molecule has 1 amide bonds. The Balaban J connectivity index is 0.00000280. The summed E-state index contributed by atoms with van der Waals surface area (Å²) in [6.45, 7) is 7.37. The first kappa shape index (κ1) is 22.3. The summed E-state index contributed by atoms with van der Waals surface area (Å²) in [6, 6.07) is 11.1. The molecule has 1 aliphatic heterocycles. The van der Waals surface area contributed by atoms with Crippen LogP contribution in [-0.2, 0) is 6.54 Å². The van der Waals surface area contributed by atoms with Crippen LogP contribution in [0.4, 0.5) is 5.69 Å². The Labute approximate surface area is 183 Å². The Morgan fingerprint density at radius 3 is 2.43 bits per heavy atom. The molecule has 1 aromatic carbocycles. The lowest BCUT2D eigenvalue weighted by atomic mass is 9.92. The third-order valence-electron chi connectivity index (χ3n) is 4.79. The van der Waals surface area contributed by atoms with Gasteiger partial charge in [-0.3, -0.25) is 9.79 Å². The molecule has 2 unspecified atom stereocenters. The number of anilines is 1. The Hall–Kier alpha value is -2.03. The van der Waals surface area contributed by atoms with E-state index in [2.05, 4.69) is 34.4 Å². The predicted molar refractivity (Wildman–Crippen MR) is 123 cm³/mol. The smallest absolute Gasteiger partial charge is 0.291 e. The third kappa shape index (κ3) is 5.98. The van der Waals surface area contributed by atoms with Gasteiger partial charge in [0.25, 0.3) is 5.91 Å². The number of aliphatic imine (C=N–C) groups is 1. The van der Waals surface area contributed by atoms with Crippen LogP contribution in [0.2, 0.25) is 0 Å². The molecule has 0 aliphatic carbocycles. The molecule has 2 atom stereocenters. The number of likely N-dealkylation sites (tertiary alicyclic amines) is 1. The maximum absolute atomic E-state index is 12.0. The van der Waals surface area contributed by atoms with E-state index in [1.54, 1.807) is 12.1 Å². The van der Waals surface area contributed by atoms with Crippen molar-refractivity contribution in [1.29, 1.82) is 0 Å². The highest BCUT2D eigenvalue weighted by atomic mass is 127. The van der Waals surface area contributed by atoms with Crippen molar-refractivity contribution in [1.82, 2.24) is 10.2 Å². The fraction of sp³-hybridized carbons (Fsp3) is 0.429. The monoisotopic (exact) mass is 496 g/mol. The van der Waals surface area contributed by atoms with Crippen LogP contribution >= 0.6 is 24.0 Å². The largest absolute Gasteiger partial charge is 0.459 e. The van der Waals surface area contributed by atoms with Crippen molar-refractivity contribution in [2.24, 2.45) is 16.8 Å². The van der Waals surface area contributed by atoms with Crippen LogP contribution in [0.3, 0.4) is 0 Å². The first-order valence-electron chi connectivity index (χ1n) is 9.44. The van der Waals surface area contributed by atoms with Crippen LogP contribution in [0.5, 0.6) is 0 Å². The molecule has 2 heterocycles. The van der Waals surface area contributed by atoms with E-state index in [4.69, 9.17) is 4.42 Å². The molecular formula is C21H29IN4O2. The lowest BCUT2D eigenvalue weighted by molar-refractivity contribution is 0.0996. The van der Waals surface area contributed by atoms with Crippen molar-refractivity contribution in [3.05, 3.63) is 54.0 Å². The van der Waals surface area contributed by atoms with Crippen LogP contribution < -0.4 is 10.6 Å². The van der Waals surface area contributed by atoms with E-state index in [9.17, 15) is 4.79 Å². The molecule has 1 aromatic heterocycles. The minimum atomic E-state index is -0.250. The Kier molecular flexibility index (Phi) is 8.35. The average Bonchev–Trinajstić information content (AvgIpc) is 3.18. The number of rotatable bonds is 4. The Bertz CT molecular complexity index is 764. The third-order valence-corrected chi connectivity index (χ3v) is 4.79. The average molecular weight is 496 g/mol. The number of benzene rings is 1. The number of nitrogens with one attached hydrogen (secondary N) is 2. The van der Waals surface area contributed by atoms with Gasteiger partial charge in [-0.1, -0.05) is 26.0 Å². The summed E-state index contributed by atoms with van der Waals surface area (Å²) < 4.78 is 5.10. The fourth-order valence-corrected chi connectivity index (χ4v) is 3.66. The van der Waals surface area contributed by atoms with Crippen molar-refractivity contribution in [2.45, 2.75) is 26.8 Å². The fourth-order valence-electron chi connectivity index (χ4n) is 3.66. The number of hydrogen-bond acceptors (Lipinski definition) is 3. The van der Waals surface area contributed by atoms with E-state index in [-0.39, 0.29) is 29.9 Å². The highest BCUT2D eigenvalue weighted by molar-refractivity contribution is 14.0. The number of carbonyl (C=O) groups is 1. The minimum absolute atomic E-state index is 0. The van der Waals surface area contributed by atoms with Gasteiger partial charge in [-0.2, -0.15) is 0 Å². The molecular weight excluding hydrogens is 467 g/mol. The second-order valence-electron chi connectivity index (χ2n) is 7.38. The molecule has 1 aliphatic rings. The zero-order valence-electron chi connectivity index (χ0n) is 16.6. The lowest BCUT2D eigenvalue weighted by Gasteiger charge is -2.37. The molecule has 0 radical (unpaired) electrons. The van der Waals surface area contributed by atoms with Gasteiger partial charge in [0.2, 0.25) is 0 Å². The van der Waals surface area contributed by atoms with Gasteiger partial charge in [0.15, 0.2) is 11.7 Å². The van der Waals surface area contributed by atoms with E-state index in [1.165, 1.54) is 12.7 Å². The maximum atomic E-state index is 12.0. The van der Waals surface area contributed by atoms with Crippen molar-refractivity contribution < 1.29 is 9.21 Å². The van der Waals surface area contributed by atoms with Gasteiger partial charge < -0.3 is 20.0 Å². The van der Waals surface area contributed by atoms with Gasteiger partial charge in [-0.15, -0.1) is 24.0 Å². The summed E-state index contributed by atoms with van der Waals surface area (Å²) in [6.07, 6.45) is 2.76. The highest BCUT2D eigenvalue weighted by Crippen LogP contribution is 2.21. The zero-order chi connectivity index (χ0) is 19.2. The number of amides is 1. The number of halogens is 1. The Morgan fingerprint density at radius 2 is 1.86 bits per heavy atom. The number of hydrogen-bond donors (Lipinski definition) is 2. The van der Waals surface area contributed by atoms with Gasteiger partial charge in [0.05, 0.1) is 6.26 Å². The maximum Gasteiger partial charge on any atom is 0.291 e. The van der Waals surface area contributed by atoms with E-state index in [0.717, 1.165) is 30.3 Å². The topological polar surface area (TPSA) is 69.9 Å². The summed E-state index contributed by atoms with van der Waals surface area (Å²) in [5.74, 6) is 2.37. The van der Waals surface area contributed by atoms with Crippen LogP contribution in [0.15, 0.2) is 52.1 Å². The summed E-state index contributed by atoms with van der Waals surface area (Å²) in [4.78, 5) is 18.8. The zero-order valence-corrected chi connectivity index (χ0v) is 19.0. The van der Waals surface area contributed by atoms with Gasteiger partial charge in [0.1, 0.15) is 0 Å². The van der Waals surface area contributed by atoms with E-state index < -0.39 is 0 Å². The molecule has 0 spiro atoms. The summed E-state index contributed by atoms with van der Waals surface area (Å²) in [5.41, 5.74) is 1.87. The van der Waals surface area contributed by atoms with Crippen LogP contribution in [0.1, 0.15) is 36.4 Å². The first-order valence-corrected chi connectivity index (χ1v) is 9.44. The van der Waals surface area contributed by atoms with Crippen molar-refractivity contribution in [2.75, 3.05) is 25.5 Å². The number of nitrogens with zero attached hydrogens (tertiary/aromatic N) is 2. The molecule has 2 aromatic rings. The van der Waals surface area contributed by atoms with Crippen molar-refractivity contribution in [3.63, 3.8) is 0 Å². The quantitative estimate of drug-likeness (QED) is 0.378. The van der Waals surface area contributed by atoms with Gasteiger partial charge in [-0.25, -0.2) is 0 Å². The molecule has 28 heavy (non-hydrogen) atoms. The lowest BCUT2D eigenvalue weighted by Crippen LogP contribution is -2.48.